The van der Waals surface area contributed by atoms with Gasteiger partial charge in [0.25, 0.3) is 0 Å². The van der Waals surface area contributed by atoms with E-state index in [9.17, 15) is 14.0 Å². The van der Waals surface area contributed by atoms with E-state index < -0.39 is 17.2 Å². The van der Waals surface area contributed by atoms with E-state index in [-0.39, 0.29) is 10.9 Å². The maximum atomic E-state index is 14.4. The number of anilines is 1. The normalized spacial score (nSPS) is 15.3. The lowest BCUT2D eigenvalue weighted by Gasteiger charge is -2.29. The summed E-state index contributed by atoms with van der Waals surface area (Å²) in [5.41, 5.74) is 0.0204. The molecule has 0 unspecified atom stereocenters. The third-order valence-corrected chi connectivity index (χ3v) is 4.18. The van der Waals surface area contributed by atoms with Gasteiger partial charge in [-0.05, 0) is 31.4 Å². The van der Waals surface area contributed by atoms with Gasteiger partial charge in [0.2, 0.25) is 5.43 Å². The Morgan fingerprint density at radius 1 is 1.23 bits per heavy atom. The first-order valence-electron chi connectivity index (χ1n) is 7.30. The Labute approximate surface area is 126 Å². The van der Waals surface area contributed by atoms with Crippen LogP contribution in [0.5, 0.6) is 0 Å². The minimum absolute atomic E-state index is 0.0978. The molecule has 2 aromatic rings. The number of aromatic nitrogens is 1. The molecule has 1 aromatic heterocycles. The highest BCUT2D eigenvalue weighted by atomic mass is 19.1. The SMILES string of the molecule is Cn1cc(C(=O)O)c(=O)c2cc(F)c(N3CCCCC3)cc21. The summed E-state index contributed by atoms with van der Waals surface area (Å²) in [5, 5.41) is 9.16. The number of halogens is 1. The maximum absolute atomic E-state index is 14.4. The van der Waals surface area contributed by atoms with Crippen LogP contribution in [0, 0.1) is 5.82 Å². The zero-order chi connectivity index (χ0) is 15.9. The van der Waals surface area contributed by atoms with Crippen LogP contribution in [-0.4, -0.2) is 28.7 Å². The quantitative estimate of drug-likeness (QED) is 0.925. The lowest BCUT2D eigenvalue weighted by molar-refractivity contribution is 0.0695. The second-order valence-electron chi connectivity index (χ2n) is 5.66. The number of pyridine rings is 1. The Balaban J connectivity index is 2.22. The van der Waals surface area contributed by atoms with Crippen LogP contribution < -0.4 is 10.3 Å². The van der Waals surface area contributed by atoms with E-state index in [1.807, 2.05) is 4.90 Å². The van der Waals surface area contributed by atoms with Gasteiger partial charge in [0.15, 0.2) is 0 Å². The van der Waals surface area contributed by atoms with Crippen molar-refractivity contribution < 1.29 is 14.3 Å². The summed E-state index contributed by atoms with van der Waals surface area (Å²) < 4.78 is 16.0. The lowest BCUT2D eigenvalue weighted by atomic mass is 10.1. The summed E-state index contributed by atoms with van der Waals surface area (Å²) in [6.45, 7) is 1.59. The van der Waals surface area contributed by atoms with E-state index in [2.05, 4.69) is 0 Å². The largest absolute Gasteiger partial charge is 0.477 e. The topological polar surface area (TPSA) is 62.5 Å². The molecule has 1 aromatic carbocycles. The van der Waals surface area contributed by atoms with Gasteiger partial charge < -0.3 is 14.6 Å². The molecule has 5 nitrogen and oxygen atoms in total. The molecule has 1 saturated heterocycles. The number of fused-ring (bicyclic) bond motifs is 1. The monoisotopic (exact) mass is 304 g/mol. The fourth-order valence-electron chi connectivity index (χ4n) is 3.02. The maximum Gasteiger partial charge on any atom is 0.341 e. The molecule has 2 heterocycles. The molecule has 0 bridgehead atoms. The molecule has 1 aliphatic heterocycles. The third-order valence-electron chi connectivity index (χ3n) is 4.18. The van der Waals surface area contributed by atoms with Crippen molar-refractivity contribution in [2.75, 3.05) is 18.0 Å². The van der Waals surface area contributed by atoms with Crippen LogP contribution in [0.3, 0.4) is 0 Å². The van der Waals surface area contributed by atoms with Gasteiger partial charge in [-0.15, -0.1) is 0 Å². The van der Waals surface area contributed by atoms with Crippen LogP contribution >= 0.6 is 0 Å². The molecule has 1 fully saturated rings. The first-order valence-corrected chi connectivity index (χ1v) is 7.30. The summed E-state index contributed by atoms with van der Waals surface area (Å²) in [7, 11) is 1.66. The van der Waals surface area contributed by atoms with Crippen LogP contribution in [0.25, 0.3) is 10.9 Å². The number of piperidine rings is 1. The lowest BCUT2D eigenvalue weighted by Crippen LogP contribution is -2.30. The van der Waals surface area contributed by atoms with Crippen molar-refractivity contribution in [3.05, 3.63) is 39.9 Å². The molecule has 3 rings (SSSR count). The number of rotatable bonds is 2. The Kier molecular flexibility index (Phi) is 3.60. The smallest absolute Gasteiger partial charge is 0.341 e. The van der Waals surface area contributed by atoms with Crippen LogP contribution in [0.2, 0.25) is 0 Å². The second-order valence-corrected chi connectivity index (χ2v) is 5.66. The van der Waals surface area contributed by atoms with Crippen LogP contribution in [0.1, 0.15) is 29.6 Å². The molecule has 0 radical (unpaired) electrons. The number of nitrogens with zero attached hydrogens (tertiary/aromatic N) is 2. The van der Waals surface area contributed by atoms with Gasteiger partial charge in [-0.1, -0.05) is 0 Å². The van der Waals surface area contributed by atoms with Gasteiger partial charge >= 0.3 is 5.97 Å². The third kappa shape index (κ3) is 2.34. The molecule has 0 atom stereocenters. The average molecular weight is 304 g/mol. The van der Waals surface area contributed by atoms with Gasteiger partial charge in [-0.3, -0.25) is 4.79 Å². The van der Waals surface area contributed by atoms with E-state index >= 15 is 0 Å². The molecule has 116 valence electrons. The van der Waals surface area contributed by atoms with Crippen molar-refractivity contribution in [1.82, 2.24) is 4.57 Å². The molecular formula is C16H17FN2O3. The number of carboxylic acids is 1. The van der Waals surface area contributed by atoms with Crippen LogP contribution in [0.4, 0.5) is 10.1 Å². The van der Waals surface area contributed by atoms with Crippen molar-refractivity contribution in [2.24, 2.45) is 7.05 Å². The highest BCUT2D eigenvalue weighted by Crippen LogP contribution is 2.27. The Bertz CT molecular complexity index is 807. The first kappa shape index (κ1) is 14.6. The van der Waals surface area contributed by atoms with Crippen molar-refractivity contribution in [2.45, 2.75) is 19.3 Å². The Morgan fingerprint density at radius 2 is 1.91 bits per heavy atom. The molecular weight excluding hydrogens is 287 g/mol. The standard InChI is InChI=1S/C16H17FN2O3/c1-18-9-11(16(21)22)15(20)10-7-12(17)14(8-13(10)18)19-5-3-2-4-6-19/h7-9H,2-6H2,1H3,(H,21,22). The molecule has 0 aliphatic carbocycles. The van der Waals surface area contributed by atoms with Gasteiger partial charge in [0, 0.05) is 31.7 Å². The molecule has 1 aliphatic rings. The van der Waals surface area contributed by atoms with Crippen LogP contribution in [0.15, 0.2) is 23.1 Å². The number of hydrogen-bond acceptors (Lipinski definition) is 3. The summed E-state index contributed by atoms with van der Waals surface area (Å²) in [6, 6.07) is 2.80. The molecule has 0 saturated carbocycles. The second kappa shape index (κ2) is 5.44. The van der Waals surface area contributed by atoms with E-state index in [1.165, 1.54) is 6.20 Å². The average Bonchev–Trinajstić information content (AvgIpc) is 2.51. The van der Waals surface area contributed by atoms with E-state index in [0.29, 0.717) is 11.2 Å². The van der Waals surface area contributed by atoms with Crippen molar-refractivity contribution in [3.8, 4) is 0 Å². The minimum atomic E-state index is -1.30. The van der Waals surface area contributed by atoms with Crippen molar-refractivity contribution in [1.29, 1.82) is 0 Å². The summed E-state index contributed by atoms with van der Waals surface area (Å²) >= 11 is 0. The van der Waals surface area contributed by atoms with Crippen LogP contribution in [-0.2, 0) is 7.05 Å². The Hall–Kier alpha value is -2.37. The van der Waals surface area contributed by atoms with Crippen molar-refractivity contribution >= 4 is 22.6 Å². The predicted molar refractivity (Wildman–Crippen MR) is 82.2 cm³/mol. The van der Waals surface area contributed by atoms with E-state index in [4.69, 9.17) is 5.11 Å². The molecule has 0 amide bonds. The summed E-state index contributed by atoms with van der Waals surface area (Å²) in [4.78, 5) is 25.3. The first-order chi connectivity index (χ1) is 10.5. The fraction of sp³-hybridized carbons (Fsp3) is 0.375. The number of benzene rings is 1. The summed E-state index contributed by atoms with van der Waals surface area (Å²) in [6.07, 6.45) is 4.47. The van der Waals surface area contributed by atoms with Crippen molar-refractivity contribution in [3.63, 3.8) is 0 Å². The molecule has 1 N–H and O–H groups in total. The highest BCUT2D eigenvalue weighted by Gasteiger charge is 2.19. The number of carboxylic acid groups (broad SMARTS) is 1. The fourth-order valence-corrected chi connectivity index (χ4v) is 3.02. The molecule has 6 heteroatoms. The minimum Gasteiger partial charge on any atom is -0.477 e. The zero-order valence-corrected chi connectivity index (χ0v) is 12.3. The zero-order valence-electron chi connectivity index (χ0n) is 12.3. The summed E-state index contributed by atoms with van der Waals surface area (Å²) in [5.74, 6) is -1.78. The number of hydrogen-bond donors (Lipinski definition) is 1. The number of aryl methyl sites for hydroxylation is 1. The van der Waals surface area contributed by atoms with Gasteiger partial charge in [-0.2, -0.15) is 0 Å². The van der Waals surface area contributed by atoms with E-state index in [1.54, 1.807) is 17.7 Å². The van der Waals surface area contributed by atoms with Gasteiger partial charge in [0.05, 0.1) is 11.2 Å². The molecule has 22 heavy (non-hydrogen) atoms. The number of aromatic carboxylic acids is 1. The Morgan fingerprint density at radius 3 is 2.55 bits per heavy atom. The predicted octanol–water partition coefficient (Wildman–Crippen LogP) is 2.37. The molecule has 0 spiro atoms. The van der Waals surface area contributed by atoms with E-state index in [0.717, 1.165) is 38.4 Å². The number of carbonyl (C=O) groups is 1. The highest BCUT2D eigenvalue weighted by molar-refractivity contribution is 5.93. The van der Waals surface area contributed by atoms with Gasteiger partial charge in [-0.25, -0.2) is 9.18 Å². The van der Waals surface area contributed by atoms with Gasteiger partial charge in [0.1, 0.15) is 11.4 Å².